The van der Waals surface area contributed by atoms with E-state index in [1.807, 2.05) is 0 Å². The maximum Gasteiger partial charge on any atom is 0.269 e. The Kier molecular flexibility index (Phi) is 6.71. The predicted molar refractivity (Wildman–Crippen MR) is 78.7 cm³/mol. The Morgan fingerprint density at radius 1 is 1.00 bits per heavy atom. The van der Waals surface area contributed by atoms with E-state index in [4.69, 9.17) is 0 Å². The molecule has 0 spiro atoms. The minimum Gasteiger partial charge on any atom is -1.00 e. The number of halogens is 1. The molecule has 1 aromatic heterocycles. The first-order valence-corrected chi connectivity index (χ1v) is 6.81. The van der Waals surface area contributed by atoms with Crippen LogP contribution in [0.3, 0.4) is 0 Å². The molecule has 0 amide bonds. The van der Waals surface area contributed by atoms with Crippen LogP contribution in [0.15, 0.2) is 48.8 Å². The fraction of sp³-hybridized carbons (Fsp3) is 0.188. The van der Waals surface area contributed by atoms with E-state index in [0.717, 1.165) is 0 Å². The molecule has 0 fully saturated rings. The summed E-state index contributed by atoms with van der Waals surface area (Å²) in [6, 6.07) is 8.84. The van der Waals surface area contributed by atoms with Gasteiger partial charge in [0.2, 0.25) is 12.3 Å². The van der Waals surface area contributed by atoms with E-state index in [2.05, 4.69) is 0 Å². The maximum absolute atomic E-state index is 12.1. The van der Waals surface area contributed by atoms with Crippen molar-refractivity contribution < 1.29 is 36.1 Å². The molecule has 0 aliphatic rings. The van der Waals surface area contributed by atoms with Crippen molar-refractivity contribution in [1.82, 2.24) is 0 Å². The van der Waals surface area contributed by atoms with Crippen LogP contribution in [-0.4, -0.2) is 16.5 Å². The van der Waals surface area contributed by atoms with E-state index in [1.165, 1.54) is 24.3 Å². The number of ketones is 2. The Balaban J connectivity index is 0.00000264. The number of benzene rings is 1. The second-order valence-corrected chi connectivity index (χ2v) is 4.76. The predicted octanol–water partition coefficient (Wildman–Crippen LogP) is -0.638. The average Bonchev–Trinajstić information content (AvgIpc) is 2.54. The van der Waals surface area contributed by atoms with Gasteiger partial charge in [0.25, 0.3) is 5.69 Å². The first-order valence-electron chi connectivity index (χ1n) is 6.81. The van der Waals surface area contributed by atoms with Gasteiger partial charge in [-0.2, -0.15) is 4.57 Å². The molecular formula is C16H15BrN2O4. The van der Waals surface area contributed by atoms with Gasteiger partial charge in [0.05, 0.1) is 4.92 Å². The number of non-ortho nitro benzene ring substituents is 1. The summed E-state index contributed by atoms with van der Waals surface area (Å²) in [7, 11) is 0. The summed E-state index contributed by atoms with van der Waals surface area (Å²) in [6.07, 6.45) is 3.78. The normalized spacial score (nSPS) is 9.78. The van der Waals surface area contributed by atoms with Crippen molar-refractivity contribution >= 4 is 17.3 Å². The maximum atomic E-state index is 12.1. The van der Waals surface area contributed by atoms with Crippen LogP contribution >= 0.6 is 0 Å². The third kappa shape index (κ3) is 4.79. The molecule has 6 nitrogen and oxygen atoms in total. The highest BCUT2D eigenvalue weighted by molar-refractivity contribution is 5.96. The molecule has 0 saturated heterocycles. The third-order valence-corrected chi connectivity index (χ3v) is 3.26. The summed E-state index contributed by atoms with van der Waals surface area (Å²) in [5, 5.41) is 10.6. The van der Waals surface area contributed by atoms with E-state index in [-0.39, 0.29) is 40.8 Å². The SMILES string of the molecule is CCC(=O)c1cc[n+](CC(=O)c2ccc([N+](=O)[O-])cc2)cc1.[Br-]. The molecule has 120 valence electrons. The van der Waals surface area contributed by atoms with Crippen molar-refractivity contribution in [3.8, 4) is 0 Å². The van der Waals surface area contributed by atoms with Gasteiger partial charge in [0, 0.05) is 41.8 Å². The van der Waals surface area contributed by atoms with Gasteiger partial charge in [-0.25, -0.2) is 0 Å². The molecule has 2 aromatic rings. The van der Waals surface area contributed by atoms with Crippen LogP contribution in [0.5, 0.6) is 0 Å². The van der Waals surface area contributed by atoms with Crippen molar-refractivity contribution in [2.75, 3.05) is 0 Å². The molecule has 1 heterocycles. The molecule has 0 radical (unpaired) electrons. The van der Waals surface area contributed by atoms with Crippen LogP contribution in [0.2, 0.25) is 0 Å². The number of nitro benzene ring substituents is 1. The van der Waals surface area contributed by atoms with Crippen LogP contribution in [0.4, 0.5) is 5.69 Å². The van der Waals surface area contributed by atoms with Gasteiger partial charge < -0.3 is 17.0 Å². The van der Waals surface area contributed by atoms with Gasteiger partial charge in [0.1, 0.15) is 0 Å². The lowest BCUT2D eigenvalue weighted by atomic mass is 10.1. The van der Waals surface area contributed by atoms with Crippen LogP contribution in [-0.2, 0) is 6.54 Å². The zero-order valence-electron chi connectivity index (χ0n) is 12.4. The van der Waals surface area contributed by atoms with Crippen molar-refractivity contribution in [1.29, 1.82) is 0 Å². The summed E-state index contributed by atoms with van der Waals surface area (Å²) >= 11 is 0. The number of rotatable bonds is 6. The van der Waals surface area contributed by atoms with Crippen LogP contribution in [0.1, 0.15) is 34.1 Å². The molecule has 0 bridgehead atoms. The Bertz CT molecular complexity index is 712. The Morgan fingerprint density at radius 3 is 2.00 bits per heavy atom. The van der Waals surface area contributed by atoms with E-state index in [9.17, 15) is 19.7 Å². The summed E-state index contributed by atoms with van der Waals surface area (Å²) in [5.74, 6) is -0.108. The number of hydrogen-bond acceptors (Lipinski definition) is 4. The Hall–Kier alpha value is -2.41. The summed E-state index contributed by atoms with van der Waals surface area (Å²) < 4.78 is 1.66. The molecule has 23 heavy (non-hydrogen) atoms. The van der Waals surface area contributed by atoms with Crippen molar-refractivity contribution in [2.24, 2.45) is 0 Å². The van der Waals surface area contributed by atoms with Crippen molar-refractivity contribution in [3.05, 3.63) is 70.0 Å². The highest BCUT2D eigenvalue weighted by atomic mass is 79.9. The smallest absolute Gasteiger partial charge is 0.269 e. The number of carbonyl (C=O) groups excluding carboxylic acids is 2. The Labute approximate surface area is 143 Å². The molecule has 1 aromatic carbocycles. The monoisotopic (exact) mass is 378 g/mol. The molecule has 2 rings (SSSR count). The molecule has 0 atom stereocenters. The third-order valence-electron chi connectivity index (χ3n) is 3.26. The number of hydrogen-bond donors (Lipinski definition) is 0. The summed E-state index contributed by atoms with van der Waals surface area (Å²) in [6.45, 7) is 1.90. The Morgan fingerprint density at radius 2 is 1.52 bits per heavy atom. The second-order valence-electron chi connectivity index (χ2n) is 4.76. The van der Waals surface area contributed by atoms with E-state index < -0.39 is 4.92 Å². The van der Waals surface area contributed by atoms with Gasteiger partial charge in [0.15, 0.2) is 18.2 Å². The number of nitrogens with zero attached hydrogens (tertiary/aromatic N) is 2. The van der Waals surface area contributed by atoms with Crippen LogP contribution in [0.25, 0.3) is 0 Å². The van der Waals surface area contributed by atoms with Gasteiger partial charge in [-0.3, -0.25) is 19.7 Å². The molecule has 0 aliphatic carbocycles. The van der Waals surface area contributed by atoms with E-state index in [0.29, 0.717) is 17.5 Å². The first kappa shape index (κ1) is 18.6. The fourth-order valence-electron chi connectivity index (χ4n) is 1.98. The number of carbonyl (C=O) groups is 2. The van der Waals surface area contributed by atoms with Crippen LogP contribution in [0, 0.1) is 10.1 Å². The minimum absolute atomic E-state index is 0. The number of Topliss-reactive ketones (excluding diaryl/α,β-unsaturated/α-hetero) is 2. The topological polar surface area (TPSA) is 81.2 Å². The fourth-order valence-corrected chi connectivity index (χ4v) is 1.98. The minimum atomic E-state index is -0.507. The summed E-state index contributed by atoms with van der Waals surface area (Å²) in [4.78, 5) is 33.7. The van der Waals surface area contributed by atoms with E-state index in [1.54, 1.807) is 36.0 Å². The lowest BCUT2D eigenvalue weighted by molar-refractivity contribution is -0.683. The lowest BCUT2D eigenvalue weighted by Crippen LogP contribution is -3.00. The number of pyridine rings is 1. The molecule has 0 unspecified atom stereocenters. The van der Waals surface area contributed by atoms with E-state index >= 15 is 0 Å². The summed E-state index contributed by atoms with van der Waals surface area (Å²) in [5.41, 5.74) is 0.972. The molecule has 0 aliphatic heterocycles. The van der Waals surface area contributed by atoms with Gasteiger partial charge in [-0.1, -0.05) is 6.92 Å². The quantitative estimate of drug-likeness (QED) is 0.290. The average molecular weight is 379 g/mol. The zero-order valence-corrected chi connectivity index (χ0v) is 14.0. The van der Waals surface area contributed by atoms with Crippen LogP contribution < -0.4 is 21.5 Å². The van der Waals surface area contributed by atoms with Crippen molar-refractivity contribution in [3.63, 3.8) is 0 Å². The van der Waals surface area contributed by atoms with Crippen molar-refractivity contribution in [2.45, 2.75) is 19.9 Å². The van der Waals surface area contributed by atoms with Gasteiger partial charge >= 0.3 is 0 Å². The highest BCUT2D eigenvalue weighted by Crippen LogP contribution is 2.12. The van der Waals surface area contributed by atoms with Gasteiger partial charge in [-0.05, 0) is 12.1 Å². The number of aromatic nitrogens is 1. The largest absolute Gasteiger partial charge is 1.00 e. The number of nitro groups is 1. The van der Waals surface area contributed by atoms with Gasteiger partial charge in [-0.15, -0.1) is 0 Å². The molecular weight excluding hydrogens is 364 g/mol. The molecule has 7 heteroatoms. The lowest BCUT2D eigenvalue weighted by Gasteiger charge is -2.00. The molecule has 0 saturated carbocycles. The zero-order chi connectivity index (χ0) is 16.1. The first-order chi connectivity index (χ1) is 10.5. The standard InChI is InChI=1S/C16H15N2O4.BrH/c1-2-15(19)13-7-9-17(10-8-13)11-16(20)12-3-5-14(6-4-12)18(21)22;/h3-10H,2,11H2,1H3;1H/q+1;/p-1. The highest BCUT2D eigenvalue weighted by Gasteiger charge is 2.14. The molecule has 0 N–H and O–H groups in total. The second kappa shape index (κ2) is 8.28.